The number of allylic oxidation sites excluding steroid dienone is 2. The number of hydrogen-bond donors (Lipinski definition) is 3. The third kappa shape index (κ3) is 3.43. The second-order valence-corrected chi connectivity index (χ2v) is 7.17. The minimum Gasteiger partial charge on any atom is -0.398 e. The van der Waals surface area contributed by atoms with E-state index in [9.17, 15) is 10.5 Å². The third-order valence-corrected chi connectivity index (χ3v) is 5.54. The fourth-order valence-electron chi connectivity index (χ4n) is 2.23. The Balaban J connectivity index is 1.99. The van der Waals surface area contributed by atoms with E-state index in [0.717, 1.165) is 15.5 Å². The molecule has 0 atom stereocenters. The van der Waals surface area contributed by atoms with Gasteiger partial charge >= 0.3 is 0 Å². The molecular formula is C18H13N5S2. The quantitative estimate of drug-likeness (QED) is 0.429. The van der Waals surface area contributed by atoms with Crippen LogP contribution in [0, 0.1) is 22.7 Å². The first-order valence-corrected chi connectivity index (χ1v) is 8.88. The molecule has 7 heteroatoms. The van der Waals surface area contributed by atoms with Crippen molar-refractivity contribution in [2.75, 3.05) is 11.1 Å². The zero-order chi connectivity index (χ0) is 17.8. The average Bonchev–Trinajstić information content (AvgIpc) is 3.05. The predicted molar refractivity (Wildman–Crippen MR) is 102 cm³/mol. The van der Waals surface area contributed by atoms with Crippen LogP contribution in [-0.2, 0) is 0 Å². The van der Waals surface area contributed by atoms with Crippen LogP contribution in [0.25, 0.3) is 0 Å². The molecule has 2 aromatic rings. The van der Waals surface area contributed by atoms with Crippen LogP contribution < -0.4 is 16.8 Å². The summed E-state index contributed by atoms with van der Waals surface area (Å²) in [5, 5.41) is 23.2. The maximum Gasteiger partial charge on any atom is 0.103 e. The van der Waals surface area contributed by atoms with Gasteiger partial charge in [0.25, 0.3) is 0 Å². The highest BCUT2D eigenvalue weighted by molar-refractivity contribution is 8.04. The minimum atomic E-state index is 0.138. The van der Waals surface area contributed by atoms with Gasteiger partial charge in [0.1, 0.15) is 23.3 Å². The molecule has 0 saturated carbocycles. The molecule has 0 aromatic heterocycles. The van der Waals surface area contributed by atoms with Gasteiger partial charge in [0.2, 0.25) is 0 Å². The van der Waals surface area contributed by atoms with E-state index in [-0.39, 0.29) is 16.2 Å². The van der Waals surface area contributed by atoms with Crippen molar-refractivity contribution in [1.82, 2.24) is 0 Å². The summed E-state index contributed by atoms with van der Waals surface area (Å²) in [5.74, 6) is 0. The molecule has 0 radical (unpaired) electrons. The molecule has 0 bridgehead atoms. The Kier molecular flexibility index (Phi) is 4.90. The van der Waals surface area contributed by atoms with Crippen molar-refractivity contribution in [2.24, 2.45) is 5.73 Å². The van der Waals surface area contributed by atoms with Crippen molar-refractivity contribution in [3.63, 3.8) is 0 Å². The zero-order valence-electron chi connectivity index (χ0n) is 13.0. The van der Waals surface area contributed by atoms with E-state index < -0.39 is 0 Å². The van der Waals surface area contributed by atoms with E-state index in [4.69, 9.17) is 11.5 Å². The van der Waals surface area contributed by atoms with Gasteiger partial charge < -0.3 is 16.8 Å². The van der Waals surface area contributed by atoms with Crippen molar-refractivity contribution in [1.29, 1.82) is 10.5 Å². The molecule has 0 fully saturated rings. The van der Waals surface area contributed by atoms with Crippen LogP contribution in [0.5, 0.6) is 0 Å². The number of rotatable bonds is 3. The smallest absolute Gasteiger partial charge is 0.103 e. The van der Waals surface area contributed by atoms with Crippen LogP contribution in [0.4, 0.5) is 11.4 Å². The molecular weight excluding hydrogens is 350 g/mol. The van der Waals surface area contributed by atoms with Gasteiger partial charge in [0.05, 0.1) is 15.7 Å². The summed E-state index contributed by atoms with van der Waals surface area (Å²) in [5.41, 5.74) is 13.9. The fraction of sp³-hybridized carbons (Fsp3) is 0. The number of anilines is 2. The summed E-state index contributed by atoms with van der Waals surface area (Å²) in [6, 6.07) is 19.1. The van der Waals surface area contributed by atoms with Gasteiger partial charge in [-0.25, -0.2) is 0 Å². The Morgan fingerprint density at radius 2 is 1.76 bits per heavy atom. The van der Waals surface area contributed by atoms with Crippen LogP contribution in [0.1, 0.15) is 0 Å². The predicted octanol–water partition coefficient (Wildman–Crippen LogP) is 4.01. The SMILES string of the molecule is N#CC(=C(/N)Sc1ccccc1N)/C(C#N)=C1\Nc2ccccc2S1. The van der Waals surface area contributed by atoms with Crippen LogP contribution >= 0.6 is 23.5 Å². The molecule has 122 valence electrons. The second kappa shape index (κ2) is 7.27. The lowest BCUT2D eigenvalue weighted by Crippen LogP contribution is -2.04. The average molecular weight is 363 g/mol. The summed E-state index contributed by atoms with van der Waals surface area (Å²) in [7, 11) is 0. The Labute approximate surface area is 154 Å². The molecule has 25 heavy (non-hydrogen) atoms. The highest BCUT2D eigenvalue weighted by atomic mass is 32.2. The van der Waals surface area contributed by atoms with Gasteiger partial charge in [0.15, 0.2) is 0 Å². The molecule has 3 rings (SSSR count). The molecule has 1 aliphatic rings. The van der Waals surface area contributed by atoms with Crippen LogP contribution in [0.15, 0.2) is 79.5 Å². The van der Waals surface area contributed by atoms with Crippen molar-refractivity contribution in [3.05, 3.63) is 69.7 Å². The van der Waals surface area contributed by atoms with Gasteiger partial charge in [-0.2, -0.15) is 10.5 Å². The van der Waals surface area contributed by atoms with E-state index in [2.05, 4.69) is 17.5 Å². The van der Waals surface area contributed by atoms with Crippen molar-refractivity contribution in [3.8, 4) is 12.1 Å². The lowest BCUT2D eigenvalue weighted by molar-refractivity contribution is 1.36. The zero-order valence-corrected chi connectivity index (χ0v) is 14.6. The largest absolute Gasteiger partial charge is 0.398 e. The normalized spacial score (nSPS) is 15.3. The van der Waals surface area contributed by atoms with E-state index in [1.807, 2.05) is 42.5 Å². The van der Waals surface area contributed by atoms with Crippen LogP contribution in [-0.4, -0.2) is 0 Å². The summed E-state index contributed by atoms with van der Waals surface area (Å²) in [6.07, 6.45) is 0. The van der Waals surface area contributed by atoms with Gasteiger partial charge in [-0.3, -0.25) is 0 Å². The molecule has 0 aliphatic carbocycles. The first-order chi connectivity index (χ1) is 12.1. The summed E-state index contributed by atoms with van der Waals surface area (Å²) < 4.78 is 0. The van der Waals surface area contributed by atoms with Gasteiger partial charge in [0, 0.05) is 15.5 Å². The number of nitrogen functional groups attached to an aromatic ring is 1. The molecule has 5 nitrogen and oxygen atoms in total. The maximum atomic E-state index is 9.60. The number of fused-ring (bicyclic) bond motifs is 1. The molecule has 0 spiro atoms. The first kappa shape index (κ1) is 16.8. The molecule has 0 saturated heterocycles. The summed E-state index contributed by atoms with van der Waals surface area (Å²) >= 11 is 2.59. The number of nitrogens with two attached hydrogens (primary N) is 2. The van der Waals surface area contributed by atoms with Gasteiger partial charge in [-0.1, -0.05) is 47.8 Å². The number of nitrogens with one attached hydrogen (secondary N) is 1. The lowest BCUT2D eigenvalue weighted by Gasteiger charge is -2.08. The molecule has 0 amide bonds. The van der Waals surface area contributed by atoms with E-state index in [0.29, 0.717) is 10.7 Å². The first-order valence-electron chi connectivity index (χ1n) is 7.25. The van der Waals surface area contributed by atoms with Crippen molar-refractivity contribution < 1.29 is 0 Å². The molecule has 2 aromatic carbocycles. The Morgan fingerprint density at radius 3 is 2.44 bits per heavy atom. The Bertz CT molecular complexity index is 952. The van der Waals surface area contributed by atoms with E-state index >= 15 is 0 Å². The van der Waals surface area contributed by atoms with Gasteiger partial charge in [-0.05, 0) is 24.3 Å². The van der Waals surface area contributed by atoms with Crippen LogP contribution in [0.3, 0.4) is 0 Å². The number of thioether (sulfide) groups is 2. The Morgan fingerprint density at radius 1 is 1.04 bits per heavy atom. The topological polar surface area (TPSA) is 112 Å². The number of nitrogens with zero attached hydrogens (tertiary/aromatic N) is 2. The number of hydrogen-bond acceptors (Lipinski definition) is 7. The third-order valence-electron chi connectivity index (χ3n) is 3.43. The monoisotopic (exact) mass is 363 g/mol. The highest BCUT2D eigenvalue weighted by Crippen LogP contribution is 2.43. The summed E-state index contributed by atoms with van der Waals surface area (Å²) in [4.78, 5) is 1.74. The molecule has 0 unspecified atom stereocenters. The molecule has 1 heterocycles. The number of nitriles is 2. The van der Waals surface area contributed by atoms with E-state index in [1.165, 1.54) is 23.5 Å². The standard InChI is InChI=1S/C18H13N5S2/c19-9-11(17(22)24-15-7-3-1-5-13(15)21)12(10-20)18-23-14-6-2-4-8-16(14)25-18/h1-8,23H,21-22H2/b17-11+,18-12+. The molecule has 5 N–H and O–H groups in total. The van der Waals surface area contributed by atoms with Crippen molar-refractivity contribution in [2.45, 2.75) is 9.79 Å². The second-order valence-electron chi connectivity index (χ2n) is 5.03. The van der Waals surface area contributed by atoms with Gasteiger partial charge in [-0.15, -0.1) is 0 Å². The fourth-order valence-corrected chi connectivity index (χ4v) is 4.05. The number of para-hydroxylation sites is 2. The Hall–Kier alpha value is -3.00. The number of benzene rings is 2. The summed E-state index contributed by atoms with van der Waals surface area (Å²) in [6.45, 7) is 0. The lowest BCUT2D eigenvalue weighted by atomic mass is 10.1. The molecule has 1 aliphatic heterocycles. The van der Waals surface area contributed by atoms with E-state index in [1.54, 1.807) is 6.07 Å². The van der Waals surface area contributed by atoms with Crippen molar-refractivity contribution >= 4 is 34.9 Å². The minimum absolute atomic E-state index is 0.138. The highest BCUT2D eigenvalue weighted by Gasteiger charge is 2.23. The maximum absolute atomic E-state index is 9.60. The van der Waals surface area contributed by atoms with Crippen LogP contribution in [0.2, 0.25) is 0 Å².